The van der Waals surface area contributed by atoms with Crippen LogP contribution in [-0.4, -0.2) is 13.3 Å². The molecule has 3 aromatic carbocycles. The predicted octanol–water partition coefficient (Wildman–Crippen LogP) is 6.53. The molecule has 2 N–H and O–H groups in total. The minimum atomic E-state index is -3.82. The van der Waals surface area contributed by atoms with Gasteiger partial charge in [0.15, 0.2) is 0 Å². The third-order valence-electron chi connectivity index (χ3n) is 6.27. The molecule has 0 spiro atoms. The molecule has 0 radical (unpaired) electrons. The first kappa shape index (κ1) is 22.7. The number of anilines is 2. The van der Waals surface area contributed by atoms with Crippen molar-refractivity contribution in [2.24, 2.45) is 5.92 Å². The molecule has 0 amide bonds. The normalized spacial score (nSPS) is 20.8. The van der Waals surface area contributed by atoms with Crippen molar-refractivity contribution in [1.82, 2.24) is 0 Å². The average Bonchev–Trinajstić information content (AvgIpc) is 3.30. The molecule has 0 unspecified atom stereocenters. The van der Waals surface area contributed by atoms with Crippen molar-refractivity contribution in [2.45, 2.75) is 23.3 Å². The summed E-state index contributed by atoms with van der Waals surface area (Å²) in [6.07, 6.45) is 4.85. The number of nitro groups is 1. The van der Waals surface area contributed by atoms with Crippen LogP contribution in [0.3, 0.4) is 0 Å². The van der Waals surface area contributed by atoms with Crippen LogP contribution in [0, 0.1) is 16.0 Å². The molecule has 0 saturated carbocycles. The van der Waals surface area contributed by atoms with Crippen molar-refractivity contribution < 1.29 is 13.3 Å². The summed E-state index contributed by atoms with van der Waals surface area (Å²) in [5, 5.41) is 15.7. The Morgan fingerprint density at radius 3 is 2.50 bits per heavy atom. The molecule has 34 heavy (non-hydrogen) atoms. The van der Waals surface area contributed by atoms with Crippen molar-refractivity contribution >= 4 is 50.3 Å². The van der Waals surface area contributed by atoms with E-state index >= 15 is 0 Å². The zero-order chi connectivity index (χ0) is 24.0. The molecule has 0 bridgehead atoms. The molecule has 0 aromatic heterocycles. The lowest BCUT2D eigenvalue weighted by atomic mass is 9.77. The highest BCUT2D eigenvalue weighted by Crippen LogP contribution is 2.51. The molecule has 1 aliphatic heterocycles. The molecule has 2 aliphatic rings. The van der Waals surface area contributed by atoms with Gasteiger partial charge in [0, 0.05) is 45.0 Å². The van der Waals surface area contributed by atoms with Crippen LogP contribution >= 0.6 is 23.2 Å². The van der Waals surface area contributed by atoms with Crippen LogP contribution in [0.25, 0.3) is 0 Å². The van der Waals surface area contributed by atoms with Crippen LogP contribution in [0.15, 0.2) is 77.7 Å². The predicted molar refractivity (Wildman–Crippen MR) is 133 cm³/mol. The first-order chi connectivity index (χ1) is 16.2. The fourth-order valence-corrected chi connectivity index (χ4v) is 6.12. The van der Waals surface area contributed by atoms with Gasteiger partial charge in [-0.15, -0.1) is 0 Å². The molecule has 3 atom stereocenters. The maximum atomic E-state index is 13.0. The number of rotatable bonds is 5. The highest BCUT2D eigenvalue weighted by Gasteiger charge is 2.39. The van der Waals surface area contributed by atoms with Crippen LogP contribution in [-0.2, 0) is 10.0 Å². The Labute approximate surface area is 206 Å². The van der Waals surface area contributed by atoms with Gasteiger partial charge in [0.05, 0.1) is 15.9 Å². The Morgan fingerprint density at radius 2 is 1.76 bits per heavy atom. The molecule has 0 fully saturated rings. The summed E-state index contributed by atoms with van der Waals surface area (Å²) in [6.45, 7) is 0. The Bertz CT molecular complexity index is 1420. The lowest BCUT2D eigenvalue weighted by molar-refractivity contribution is -0.384. The summed E-state index contributed by atoms with van der Waals surface area (Å²) in [7, 11) is -3.82. The summed E-state index contributed by atoms with van der Waals surface area (Å²) in [5.74, 6) is -0.0172. The first-order valence-electron chi connectivity index (χ1n) is 10.5. The lowest BCUT2D eigenvalue weighted by Gasteiger charge is -2.38. The van der Waals surface area contributed by atoms with Crippen molar-refractivity contribution in [2.75, 3.05) is 10.0 Å². The van der Waals surface area contributed by atoms with Gasteiger partial charge >= 0.3 is 0 Å². The molecular weight excluding hydrogens is 497 g/mol. The van der Waals surface area contributed by atoms with E-state index in [0.717, 1.165) is 17.7 Å². The fourth-order valence-electron chi connectivity index (χ4n) is 4.66. The third kappa shape index (κ3) is 4.13. The largest absolute Gasteiger partial charge is 0.378 e. The standard InChI is InChI=1S/C24H19Cl2N3O4S/c25-14-4-6-15(7-5-14)28-34(32,33)17-9-11-23-20(13-17)18-2-1-3-19(18)24(27-23)21-12-16(29(30)31)8-10-22(21)26/h1-2,4-13,18-19,24,27-28H,3H2/t18-,19+,24-/m0/s1. The highest BCUT2D eigenvalue weighted by atomic mass is 35.5. The smallest absolute Gasteiger partial charge is 0.269 e. The fraction of sp³-hybridized carbons (Fsp3) is 0.167. The second kappa shape index (κ2) is 8.61. The van der Waals surface area contributed by atoms with Gasteiger partial charge in [-0.2, -0.15) is 0 Å². The number of nitro benzene ring substituents is 1. The number of nitrogens with one attached hydrogen (secondary N) is 2. The molecule has 0 saturated heterocycles. The van der Waals surface area contributed by atoms with Crippen LogP contribution in [0.5, 0.6) is 0 Å². The minimum Gasteiger partial charge on any atom is -0.378 e. The number of sulfonamides is 1. The van der Waals surface area contributed by atoms with Crippen molar-refractivity contribution in [1.29, 1.82) is 0 Å². The van der Waals surface area contributed by atoms with Crippen molar-refractivity contribution in [3.63, 3.8) is 0 Å². The number of hydrogen-bond acceptors (Lipinski definition) is 5. The van der Waals surface area contributed by atoms with Gasteiger partial charge < -0.3 is 5.32 Å². The van der Waals surface area contributed by atoms with E-state index in [-0.39, 0.29) is 28.5 Å². The minimum absolute atomic E-state index is 0.0239. The Morgan fingerprint density at radius 1 is 1.00 bits per heavy atom. The average molecular weight is 516 g/mol. The number of non-ortho nitro benzene ring substituents is 1. The second-order valence-corrected chi connectivity index (χ2v) is 10.8. The van der Waals surface area contributed by atoms with Gasteiger partial charge in [0.2, 0.25) is 0 Å². The van der Waals surface area contributed by atoms with Gasteiger partial charge in [-0.25, -0.2) is 8.42 Å². The van der Waals surface area contributed by atoms with Gasteiger partial charge in [0.1, 0.15) is 0 Å². The quantitative estimate of drug-likeness (QED) is 0.228. The summed E-state index contributed by atoms with van der Waals surface area (Å²) in [5.41, 5.74) is 2.67. The number of nitrogens with zero attached hydrogens (tertiary/aromatic N) is 1. The van der Waals surface area contributed by atoms with E-state index in [4.69, 9.17) is 23.2 Å². The number of allylic oxidation sites excluding steroid dienone is 2. The molecule has 1 aliphatic carbocycles. The van der Waals surface area contributed by atoms with E-state index in [1.165, 1.54) is 18.2 Å². The third-order valence-corrected chi connectivity index (χ3v) is 8.24. The topological polar surface area (TPSA) is 101 Å². The molecule has 174 valence electrons. The van der Waals surface area contributed by atoms with Gasteiger partial charge in [-0.1, -0.05) is 35.4 Å². The molecule has 1 heterocycles. The lowest BCUT2D eigenvalue weighted by Crippen LogP contribution is -2.29. The van der Waals surface area contributed by atoms with Gasteiger partial charge in [-0.05, 0) is 66.4 Å². The van der Waals surface area contributed by atoms with E-state index in [1.807, 2.05) is 0 Å². The summed E-state index contributed by atoms with van der Waals surface area (Å²) < 4.78 is 28.6. The van der Waals surface area contributed by atoms with E-state index in [0.29, 0.717) is 21.3 Å². The van der Waals surface area contributed by atoms with Gasteiger partial charge in [-0.3, -0.25) is 14.8 Å². The Balaban J connectivity index is 1.50. The van der Waals surface area contributed by atoms with Crippen LogP contribution in [0.4, 0.5) is 17.1 Å². The SMILES string of the molecule is O=[N+]([O-])c1ccc(Cl)c([C@H]2Nc3ccc(S(=O)(=O)Nc4ccc(Cl)cc4)cc3[C@H]3C=CC[C@H]32)c1. The number of fused-ring (bicyclic) bond motifs is 3. The van der Waals surface area contributed by atoms with E-state index in [2.05, 4.69) is 22.2 Å². The number of halogens is 2. The monoisotopic (exact) mass is 515 g/mol. The zero-order valence-corrected chi connectivity index (χ0v) is 19.9. The van der Waals surface area contributed by atoms with Crippen LogP contribution in [0.1, 0.15) is 29.5 Å². The Hall–Kier alpha value is -3.07. The van der Waals surface area contributed by atoms with E-state index in [9.17, 15) is 18.5 Å². The maximum absolute atomic E-state index is 13.0. The number of hydrogen-bond donors (Lipinski definition) is 2. The van der Waals surface area contributed by atoms with Crippen molar-refractivity contribution in [3.05, 3.63) is 104 Å². The molecule has 7 nitrogen and oxygen atoms in total. The van der Waals surface area contributed by atoms with Crippen LogP contribution in [0.2, 0.25) is 10.0 Å². The van der Waals surface area contributed by atoms with E-state index in [1.54, 1.807) is 42.5 Å². The molecule has 3 aromatic rings. The van der Waals surface area contributed by atoms with Crippen LogP contribution < -0.4 is 10.0 Å². The molecule has 5 rings (SSSR count). The zero-order valence-electron chi connectivity index (χ0n) is 17.6. The van der Waals surface area contributed by atoms with E-state index < -0.39 is 14.9 Å². The summed E-state index contributed by atoms with van der Waals surface area (Å²) in [6, 6.07) is 15.6. The second-order valence-electron chi connectivity index (χ2n) is 8.30. The summed E-state index contributed by atoms with van der Waals surface area (Å²) >= 11 is 12.3. The first-order valence-corrected chi connectivity index (χ1v) is 12.8. The molecular formula is C24H19Cl2N3O4S. The summed E-state index contributed by atoms with van der Waals surface area (Å²) in [4.78, 5) is 11.0. The van der Waals surface area contributed by atoms with Crippen molar-refractivity contribution in [3.8, 4) is 0 Å². The van der Waals surface area contributed by atoms with Gasteiger partial charge in [0.25, 0.3) is 15.7 Å². The highest BCUT2D eigenvalue weighted by molar-refractivity contribution is 7.92. The Kier molecular flexibility index (Phi) is 5.75. The maximum Gasteiger partial charge on any atom is 0.269 e. The molecule has 10 heteroatoms. The number of benzene rings is 3.